The zero-order valence-electron chi connectivity index (χ0n) is 8.64. The predicted molar refractivity (Wildman–Crippen MR) is 50.7 cm³/mol. The summed E-state index contributed by atoms with van der Waals surface area (Å²) < 4.78 is 42.5. The van der Waals surface area contributed by atoms with Crippen molar-refractivity contribution in [3.63, 3.8) is 0 Å². The van der Waals surface area contributed by atoms with Gasteiger partial charge in [-0.1, -0.05) is 0 Å². The first kappa shape index (κ1) is 11.3. The van der Waals surface area contributed by atoms with Crippen molar-refractivity contribution in [1.29, 1.82) is 0 Å². The molecular weight excluding hydrogens is 221 g/mol. The van der Waals surface area contributed by atoms with Crippen LogP contribution < -0.4 is 5.32 Å². The molecule has 0 saturated carbocycles. The van der Waals surface area contributed by atoms with Gasteiger partial charge >= 0.3 is 6.18 Å². The van der Waals surface area contributed by atoms with Crippen LogP contribution in [0.5, 0.6) is 0 Å². The average molecular weight is 232 g/mol. The summed E-state index contributed by atoms with van der Waals surface area (Å²) in [6.45, 7) is 0.617. The van der Waals surface area contributed by atoms with Crippen molar-refractivity contribution in [3.8, 4) is 0 Å². The van der Waals surface area contributed by atoms with Crippen LogP contribution >= 0.6 is 0 Å². The van der Waals surface area contributed by atoms with Crippen LogP contribution in [0.25, 0.3) is 0 Å². The number of pyridine rings is 1. The molecule has 0 amide bonds. The van der Waals surface area contributed by atoms with Crippen molar-refractivity contribution in [2.24, 2.45) is 0 Å². The number of hydrogen-bond acceptors (Lipinski definition) is 3. The van der Waals surface area contributed by atoms with Gasteiger partial charge in [0.15, 0.2) is 0 Å². The van der Waals surface area contributed by atoms with Gasteiger partial charge in [0, 0.05) is 11.8 Å². The number of nitrogens with one attached hydrogen (secondary N) is 1. The van der Waals surface area contributed by atoms with Gasteiger partial charge in [-0.3, -0.25) is 4.98 Å². The van der Waals surface area contributed by atoms with Crippen molar-refractivity contribution in [1.82, 2.24) is 10.3 Å². The lowest BCUT2D eigenvalue weighted by Crippen LogP contribution is -2.28. The fourth-order valence-corrected chi connectivity index (χ4v) is 1.69. The third-order valence-corrected chi connectivity index (χ3v) is 2.55. The van der Waals surface area contributed by atoms with E-state index in [-0.39, 0.29) is 12.6 Å². The van der Waals surface area contributed by atoms with Crippen LogP contribution in [0.2, 0.25) is 0 Å². The summed E-state index contributed by atoms with van der Waals surface area (Å²) in [5.41, 5.74) is 0.411. The lowest BCUT2D eigenvalue weighted by molar-refractivity contribution is -0.138. The highest BCUT2D eigenvalue weighted by atomic mass is 19.4. The third kappa shape index (κ3) is 2.03. The zero-order valence-corrected chi connectivity index (χ0v) is 8.64. The Morgan fingerprint density at radius 1 is 1.50 bits per heavy atom. The maximum Gasteiger partial charge on any atom is 0.417 e. The predicted octanol–water partition coefficient (Wildman–Crippen LogP) is 1.89. The molecule has 1 aliphatic rings. The van der Waals surface area contributed by atoms with E-state index in [1.807, 2.05) is 0 Å². The van der Waals surface area contributed by atoms with Crippen LogP contribution in [-0.2, 0) is 17.5 Å². The second kappa shape index (κ2) is 4.03. The molecule has 2 heterocycles. The fourth-order valence-electron chi connectivity index (χ4n) is 1.69. The number of alkyl halides is 3. The first-order chi connectivity index (χ1) is 7.52. The van der Waals surface area contributed by atoms with Crippen molar-refractivity contribution in [2.45, 2.75) is 18.8 Å². The molecule has 0 spiro atoms. The largest absolute Gasteiger partial charge is 0.417 e. The lowest BCUT2D eigenvalue weighted by atomic mass is 10.0. The summed E-state index contributed by atoms with van der Waals surface area (Å²) in [6, 6.07) is 0.970. The van der Waals surface area contributed by atoms with Crippen LogP contribution in [0.3, 0.4) is 0 Å². The van der Waals surface area contributed by atoms with Gasteiger partial charge in [0.2, 0.25) is 0 Å². The molecule has 1 atom stereocenters. The molecule has 1 aromatic rings. The number of ether oxygens (including phenoxy) is 1. The minimum Gasteiger partial charge on any atom is -0.375 e. The van der Waals surface area contributed by atoms with Crippen molar-refractivity contribution in [2.75, 3.05) is 13.7 Å². The molecule has 0 bridgehead atoms. The Morgan fingerprint density at radius 2 is 2.25 bits per heavy atom. The molecule has 6 heteroatoms. The minimum absolute atomic E-state index is 0.133. The molecule has 2 rings (SSSR count). The molecule has 1 unspecified atom stereocenters. The number of likely N-dealkylation sites (N-methyl/N-ethyl adjacent to an activating group) is 1. The Kier molecular flexibility index (Phi) is 2.86. The van der Waals surface area contributed by atoms with E-state index in [0.717, 1.165) is 12.3 Å². The highest BCUT2D eigenvalue weighted by Gasteiger charge is 2.33. The summed E-state index contributed by atoms with van der Waals surface area (Å²) >= 11 is 0. The number of nitrogens with zero attached hydrogens (tertiary/aromatic N) is 1. The summed E-state index contributed by atoms with van der Waals surface area (Å²) in [5, 5.41) is 2.95. The molecule has 1 aliphatic heterocycles. The zero-order chi connectivity index (χ0) is 11.8. The summed E-state index contributed by atoms with van der Waals surface area (Å²) in [5.74, 6) is 0. The van der Waals surface area contributed by atoms with Gasteiger partial charge in [0.25, 0.3) is 0 Å². The third-order valence-electron chi connectivity index (χ3n) is 2.55. The van der Waals surface area contributed by atoms with Crippen LogP contribution in [0, 0.1) is 0 Å². The van der Waals surface area contributed by atoms with Gasteiger partial charge in [0.1, 0.15) is 0 Å². The smallest absolute Gasteiger partial charge is 0.375 e. The maximum absolute atomic E-state index is 12.4. The van der Waals surface area contributed by atoms with E-state index in [1.54, 1.807) is 7.05 Å². The Bertz CT molecular complexity index is 392. The number of aromatic nitrogens is 1. The molecule has 0 saturated heterocycles. The van der Waals surface area contributed by atoms with Crippen molar-refractivity contribution >= 4 is 0 Å². The maximum atomic E-state index is 12.4. The first-order valence-electron chi connectivity index (χ1n) is 4.83. The Morgan fingerprint density at radius 3 is 2.88 bits per heavy atom. The van der Waals surface area contributed by atoms with E-state index in [1.165, 1.54) is 0 Å². The minimum atomic E-state index is -4.35. The van der Waals surface area contributed by atoms with Crippen molar-refractivity contribution in [3.05, 3.63) is 29.1 Å². The van der Waals surface area contributed by atoms with Gasteiger partial charge in [0.05, 0.1) is 30.5 Å². The Labute approximate surface area is 90.6 Å². The molecule has 16 heavy (non-hydrogen) atoms. The summed E-state index contributed by atoms with van der Waals surface area (Å²) in [4.78, 5) is 3.88. The number of rotatable bonds is 1. The van der Waals surface area contributed by atoms with E-state index in [4.69, 9.17) is 4.74 Å². The molecule has 1 N–H and O–H groups in total. The monoisotopic (exact) mass is 232 g/mol. The van der Waals surface area contributed by atoms with Gasteiger partial charge in [-0.05, 0) is 13.1 Å². The fraction of sp³-hybridized carbons (Fsp3) is 0.500. The first-order valence-corrected chi connectivity index (χ1v) is 4.83. The van der Waals surface area contributed by atoms with Crippen LogP contribution in [0.15, 0.2) is 12.3 Å². The SMILES string of the molecule is CNC1COCc2cc(C(F)(F)F)cnc21. The van der Waals surface area contributed by atoms with Crippen molar-refractivity contribution < 1.29 is 17.9 Å². The highest BCUT2D eigenvalue weighted by Crippen LogP contribution is 2.32. The van der Waals surface area contributed by atoms with Gasteiger partial charge < -0.3 is 10.1 Å². The summed E-state index contributed by atoms with van der Waals surface area (Å²) in [7, 11) is 1.72. The second-order valence-electron chi connectivity index (χ2n) is 3.62. The van der Waals surface area contributed by atoms with Crippen LogP contribution in [0.4, 0.5) is 13.2 Å². The van der Waals surface area contributed by atoms with Crippen LogP contribution in [-0.4, -0.2) is 18.6 Å². The molecule has 0 aromatic carbocycles. The molecule has 3 nitrogen and oxygen atoms in total. The van der Waals surface area contributed by atoms with E-state index in [2.05, 4.69) is 10.3 Å². The van der Waals surface area contributed by atoms with E-state index >= 15 is 0 Å². The standard InChI is InChI=1S/C10H11F3N2O/c1-14-8-5-16-4-6-2-7(10(11,12)13)3-15-9(6)8/h2-3,8,14H,4-5H2,1H3. The topological polar surface area (TPSA) is 34.1 Å². The molecule has 0 radical (unpaired) electrons. The van der Waals surface area contributed by atoms with E-state index in [0.29, 0.717) is 17.9 Å². The Balaban J connectivity index is 2.39. The lowest BCUT2D eigenvalue weighted by Gasteiger charge is -2.24. The van der Waals surface area contributed by atoms with E-state index < -0.39 is 11.7 Å². The molecule has 88 valence electrons. The molecule has 1 aromatic heterocycles. The van der Waals surface area contributed by atoms with Gasteiger partial charge in [-0.25, -0.2) is 0 Å². The number of fused-ring (bicyclic) bond motifs is 1. The molecule has 0 aliphatic carbocycles. The quantitative estimate of drug-likeness (QED) is 0.802. The number of hydrogen-bond donors (Lipinski definition) is 1. The summed E-state index contributed by atoms with van der Waals surface area (Å²) in [6.07, 6.45) is -3.48. The van der Waals surface area contributed by atoms with Gasteiger partial charge in [-0.2, -0.15) is 13.2 Å². The van der Waals surface area contributed by atoms with Gasteiger partial charge in [-0.15, -0.1) is 0 Å². The highest BCUT2D eigenvalue weighted by molar-refractivity contribution is 5.30. The van der Waals surface area contributed by atoms with Crippen LogP contribution in [0.1, 0.15) is 22.9 Å². The molecule has 0 fully saturated rings. The normalized spacial score (nSPS) is 20.6. The number of halogens is 3. The average Bonchev–Trinajstić information content (AvgIpc) is 2.26. The molecular formula is C10H11F3N2O. The second-order valence-corrected chi connectivity index (χ2v) is 3.62. The van der Waals surface area contributed by atoms with E-state index in [9.17, 15) is 13.2 Å². The Hall–Kier alpha value is -1.14.